The average molecular weight is 295 g/mol. The fourth-order valence-corrected chi connectivity index (χ4v) is 2.96. The number of nitrogens with two attached hydrogens (primary N) is 1. The van der Waals surface area contributed by atoms with E-state index < -0.39 is 0 Å². The highest BCUT2D eigenvalue weighted by atomic mass is 79.9. The third-order valence-electron chi connectivity index (χ3n) is 3.47. The molecule has 0 bridgehead atoms. The van der Waals surface area contributed by atoms with Gasteiger partial charge in [0, 0.05) is 22.6 Å². The molecule has 0 saturated heterocycles. The van der Waals surface area contributed by atoms with Gasteiger partial charge in [0.25, 0.3) is 0 Å². The lowest BCUT2D eigenvalue weighted by Gasteiger charge is -2.25. The van der Waals surface area contributed by atoms with Crippen molar-refractivity contribution in [3.05, 3.63) is 28.6 Å². The minimum Gasteiger partial charge on any atom is -0.328 e. The van der Waals surface area contributed by atoms with Crippen LogP contribution in [0.5, 0.6) is 0 Å². The molecule has 1 saturated carbocycles. The summed E-state index contributed by atoms with van der Waals surface area (Å²) in [5.41, 5.74) is 6.94. The van der Waals surface area contributed by atoms with Crippen molar-refractivity contribution in [3.8, 4) is 0 Å². The van der Waals surface area contributed by atoms with Gasteiger partial charge in [-0.25, -0.2) is 0 Å². The molecule has 0 spiro atoms. The molecule has 0 aliphatic heterocycles. The van der Waals surface area contributed by atoms with Gasteiger partial charge in [-0.05, 0) is 47.3 Å². The Hall–Kier alpha value is -0.940. The Morgan fingerprint density at radius 2 is 2.18 bits per heavy atom. The predicted molar refractivity (Wildman–Crippen MR) is 69.9 cm³/mol. The molecule has 0 radical (unpaired) electrons. The van der Waals surface area contributed by atoms with Crippen molar-refractivity contribution in [1.82, 2.24) is 14.6 Å². The second kappa shape index (κ2) is 4.38. The van der Waals surface area contributed by atoms with Crippen LogP contribution in [0.3, 0.4) is 0 Å². The highest BCUT2D eigenvalue weighted by Gasteiger charge is 2.24. The summed E-state index contributed by atoms with van der Waals surface area (Å²) in [6.07, 6.45) is 6.55. The van der Waals surface area contributed by atoms with Gasteiger partial charge in [0.1, 0.15) is 5.82 Å². The van der Waals surface area contributed by atoms with Gasteiger partial charge in [-0.15, -0.1) is 10.2 Å². The van der Waals surface area contributed by atoms with Crippen LogP contribution in [-0.2, 0) is 0 Å². The number of nitrogens with zero attached hydrogens (tertiary/aromatic N) is 3. The van der Waals surface area contributed by atoms with Gasteiger partial charge < -0.3 is 5.73 Å². The summed E-state index contributed by atoms with van der Waals surface area (Å²) < 4.78 is 3.12. The number of fused-ring (bicyclic) bond motifs is 1. The molecule has 2 atom stereocenters. The Morgan fingerprint density at radius 1 is 1.29 bits per heavy atom. The van der Waals surface area contributed by atoms with Gasteiger partial charge in [-0.1, -0.05) is 6.42 Å². The van der Waals surface area contributed by atoms with Crippen molar-refractivity contribution in [1.29, 1.82) is 0 Å². The summed E-state index contributed by atoms with van der Waals surface area (Å²) in [6, 6.07) is 4.28. The lowest BCUT2D eigenvalue weighted by atomic mass is 9.85. The molecular weight excluding hydrogens is 280 g/mol. The molecule has 1 aliphatic rings. The molecule has 1 aliphatic carbocycles. The van der Waals surface area contributed by atoms with Crippen LogP contribution in [0.1, 0.15) is 37.4 Å². The highest BCUT2D eigenvalue weighted by molar-refractivity contribution is 9.10. The van der Waals surface area contributed by atoms with Gasteiger partial charge in [-0.3, -0.25) is 4.40 Å². The van der Waals surface area contributed by atoms with Crippen LogP contribution >= 0.6 is 15.9 Å². The number of aromatic nitrogens is 3. The Labute approximate surface area is 108 Å². The Balaban J connectivity index is 2.01. The first kappa shape index (κ1) is 11.2. The molecule has 90 valence electrons. The van der Waals surface area contributed by atoms with Crippen LogP contribution < -0.4 is 5.73 Å². The first-order valence-corrected chi connectivity index (χ1v) is 6.79. The van der Waals surface area contributed by atoms with Crippen molar-refractivity contribution >= 4 is 21.6 Å². The molecule has 2 aromatic heterocycles. The number of hydrogen-bond acceptors (Lipinski definition) is 3. The van der Waals surface area contributed by atoms with E-state index in [1.54, 1.807) is 0 Å². The second-order valence-electron chi connectivity index (χ2n) is 4.76. The second-order valence-corrected chi connectivity index (χ2v) is 5.67. The standard InChI is InChI=1S/C12H15BrN4/c13-9-4-5-11-15-16-12(17(11)7-9)8-2-1-3-10(14)6-8/h4-5,7-8,10H,1-3,6,14H2. The van der Waals surface area contributed by atoms with Crippen molar-refractivity contribution in [2.45, 2.75) is 37.6 Å². The fourth-order valence-electron chi connectivity index (χ4n) is 2.62. The molecule has 0 aromatic carbocycles. The monoisotopic (exact) mass is 294 g/mol. The van der Waals surface area contributed by atoms with Crippen molar-refractivity contribution in [3.63, 3.8) is 0 Å². The zero-order valence-electron chi connectivity index (χ0n) is 9.51. The molecular formula is C12H15BrN4. The summed E-state index contributed by atoms with van der Waals surface area (Å²) in [5.74, 6) is 1.50. The largest absolute Gasteiger partial charge is 0.328 e. The van der Waals surface area contributed by atoms with Gasteiger partial charge in [0.05, 0.1) is 0 Å². The van der Waals surface area contributed by atoms with E-state index in [0.29, 0.717) is 12.0 Å². The topological polar surface area (TPSA) is 56.2 Å². The Morgan fingerprint density at radius 3 is 3.00 bits per heavy atom. The molecule has 5 heteroatoms. The van der Waals surface area contributed by atoms with Crippen LogP contribution in [0.15, 0.2) is 22.8 Å². The minimum absolute atomic E-state index is 0.313. The van der Waals surface area contributed by atoms with Crippen LogP contribution in [0, 0.1) is 0 Å². The molecule has 2 aromatic rings. The summed E-state index contributed by atoms with van der Waals surface area (Å²) >= 11 is 3.49. The molecule has 2 N–H and O–H groups in total. The lowest BCUT2D eigenvalue weighted by Crippen LogP contribution is -2.27. The van der Waals surface area contributed by atoms with Gasteiger partial charge in [-0.2, -0.15) is 0 Å². The van der Waals surface area contributed by atoms with Crippen LogP contribution in [0.2, 0.25) is 0 Å². The molecule has 2 heterocycles. The van der Waals surface area contributed by atoms with Gasteiger partial charge in [0.15, 0.2) is 5.65 Å². The van der Waals surface area contributed by atoms with Crippen LogP contribution in [-0.4, -0.2) is 20.6 Å². The summed E-state index contributed by atoms with van der Waals surface area (Å²) in [5, 5.41) is 8.54. The zero-order chi connectivity index (χ0) is 11.8. The van der Waals surface area contributed by atoms with E-state index in [-0.39, 0.29) is 0 Å². The van der Waals surface area contributed by atoms with Crippen molar-refractivity contribution < 1.29 is 0 Å². The van der Waals surface area contributed by atoms with Gasteiger partial charge >= 0.3 is 0 Å². The summed E-state index contributed by atoms with van der Waals surface area (Å²) in [6.45, 7) is 0. The van der Waals surface area contributed by atoms with E-state index in [4.69, 9.17) is 5.73 Å². The third-order valence-corrected chi connectivity index (χ3v) is 3.94. The molecule has 17 heavy (non-hydrogen) atoms. The van der Waals surface area contributed by atoms with Crippen LogP contribution in [0.25, 0.3) is 5.65 Å². The number of halogens is 1. The van der Waals surface area contributed by atoms with E-state index in [9.17, 15) is 0 Å². The fraction of sp³-hybridized carbons (Fsp3) is 0.500. The minimum atomic E-state index is 0.313. The average Bonchev–Trinajstić information content (AvgIpc) is 2.71. The predicted octanol–water partition coefficient (Wildman–Crippen LogP) is 2.48. The maximum Gasteiger partial charge on any atom is 0.160 e. The summed E-state index contributed by atoms with van der Waals surface area (Å²) in [7, 11) is 0. The maximum atomic E-state index is 6.04. The molecule has 3 rings (SSSR count). The van der Waals surface area contributed by atoms with Crippen molar-refractivity contribution in [2.75, 3.05) is 0 Å². The highest BCUT2D eigenvalue weighted by Crippen LogP contribution is 2.31. The Bertz CT molecular complexity index is 536. The van der Waals surface area contributed by atoms with Crippen molar-refractivity contribution in [2.24, 2.45) is 5.73 Å². The van der Waals surface area contributed by atoms with E-state index in [1.165, 1.54) is 12.8 Å². The molecule has 2 unspecified atom stereocenters. The van der Waals surface area contributed by atoms with Crippen LogP contribution in [0.4, 0.5) is 0 Å². The zero-order valence-corrected chi connectivity index (χ0v) is 11.1. The normalized spacial score (nSPS) is 25.3. The maximum absolute atomic E-state index is 6.04. The molecule has 0 amide bonds. The third kappa shape index (κ3) is 2.09. The van der Waals surface area contributed by atoms with E-state index >= 15 is 0 Å². The van der Waals surface area contributed by atoms with E-state index in [2.05, 4.69) is 30.5 Å². The first-order chi connectivity index (χ1) is 8.24. The quantitative estimate of drug-likeness (QED) is 0.879. The molecule has 1 fully saturated rings. The number of rotatable bonds is 1. The Kier molecular flexibility index (Phi) is 2.88. The first-order valence-electron chi connectivity index (χ1n) is 6.00. The van der Waals surface area contributed by atoms with E-state index in [0.717, 1.165) is 28.8 Å². The number of hydrogen-bond donors (Lipinski definition) is 1. The smallest absolute Gasteiger partial charge is 0.160 e. The van der Waals surface area contributed by atoms with E-state index in [1.807, 2.05) is 18.3 Å². The number of pyridine rings is 1. The van der Waals surface area contributed by atoms with Gasteiger partial charge in [0.2, 0.25) is 0 Å². The SMILES string of the molecule is NC1CCCC(c2nnc3ccc(Br)cn23)C1. The molecule has 4 nitrogen and oxygen atoms in total. The lowest BCUT2D eigenvalue weighted by molar-refractivity contribution is 0.380. The summed E-state index contributed by atoms with van der Waals surface area (Å²) in [4.78, 5) is 0.